The Balaban J connectivity index is 1.35. The van der Waals surface area contributed by atoms with Crippen LogP contribution in [0.15, 0.2) is 42.7 Å². The standard InChI is InChI=1S/C26H30F2N6O2/c1-18-5-6-20-21(3-2-4-22(20)32-18)24(35)29-17-23(33-9-7-26(27,28)8-10-33)19-15-30-25(31-16-19)34-11-13-36-14-12-34/h2-6,15-16,23H,7-14,17H2,1H3,(H,29,35). The van der Waals surface area contributed by atoms with E-state index in [2.05, 4.69) is 25.2 Å². The third-order valence-corrected chi connectivity index (χ3v) is 6.88. The number of aromatic nitrogens is 3. The molecule has 10 heteroatoms. The predicted molar refractivity (Wildman–Crippen MR) is 132 cm³/mol. The third-order valence-electron chi connectivity index (χ3n) is 6.88. The van der Waals surface area contributed by atoms with E-state index in [0.717, 1.165) is 35.2 Å². The topological polar surface area (TPSA) is 83.5 Å². The molecule has 0 aliphatic carbocycles. The second kappa shape index (κ2) is 10.4. The zero-order valence-corrected chi connectivity index (χ0v) is 20.3. The average Bonchev–Trinajstić information content (AvgIpc) is 2.89. The number of ether oxygens (including phenoxy) is 1. The van der Waals surface area contributed by atoms with Crippen LogP contribution < -0.4 is 10.2 Å². The molecule has 1 N–H and O–H groups in total. The van der Waals surface area contributed by atoms with Gasteiger partial charge in [0.05, 0.1) is 24.8 Å². The number of alkyl halides is 2. The molecule has 0 bridgehead atoms. The highest BCUT2D eigenvalue weighted by molar-refractivity contribution is 6.06. The molecule has 2 aliphatic rings. The molecule has 2 aliphatic heterocycles. The van der Waals surface area contributed by atoms with E-state index in [0.29, 0.717) is 24.7 Å². The second-order valence-corrected chi connectivity index (χ2v) is 9.36. The number of rotatable bonds is 6. The Morgan fingerprint density at radius 3 is 2.53 bits per heavy atom. The first-order valence-corrected chi connectivity index (χ1v) is 12.3. The van der Waals surface area contributed by atoms with Gasteiger partial charge in [-0.2, -0.15) is 0 Å². The summed E-state index contributed by atoms with van der Waals surface area (Å²) in [5, 5.41) is 3.79. The van der Waals surface area contributed by atoms with Gasteiger partial charge in [-0.3, -0.25) is 14.7 Å². The quantitative estimate of drug-likeness (QED) is 0.560. The fraction of sp³-hybridized carbons (Fsp3) is 0.462. The van der Waals surface area contributed by atoms with Crippen LogP contribution in [-0.4, -0.2) is 77.6 Å². The Kier molecular flexibility index (Phi) is 7.06. The SMILES string of the molecule is Cc1ccc2c(C(=O)NCC(c3cnc(N4CCOCC4)nc3)N3CCC(F)(F)CC3)cccc2n1. The predicted octanol–water partition coefficient (Wildman–Crippen LogP) is 3.37. The minimum atomic E-state index is -2.66. The summed E-state index contributed by atoms with van der Waals surface area (Å²) in [5.74, 6) is -2.27. The number of anilines is 1. The average molecular weight is 497 g/mol. The van der Waals surface area contributed by atoms with Gasteiger partial charge in [0.15, 0.2) is 0 Å². The van der Waals surface area contributed by atoms with Crippen molar-refractivity contribution in [1.29, 1.82) is 0 Å². The molecule has 0 saturated carbocycles. The summed E-state index contributed by atoms with van der Waals surface area (Å²) in [7, 11) is 0. The number of amides is 1. The lowest BCUT2D eigenvalue weighted by atomic mass is 10.0. The molecule has 190 valence electrons. The van der Waals surface area contributed by atoms with Crippen molar-refractivity contribution < 1.29 is 18.3 Å². The first kappa shape index (κ1) is 24.5. The number of morpholine rings is 1. The van der Waals surface area contributed by atoms with Crippen molar-refractivity contribution in [1.82, 2.24) is 25.2 Å². The second-order valence-electron chi connectivity index (χ2n) is 9.36. The van der Waals surface area contributed by atoms with Crippen LogP contribution in [0, 0.1) is 6.92 Å². The summed E-state index contributed by atoms with van der Waals surface area (Å²) >= 11 is 0. The van der Waals surface area contributed by atoms with Gasteiger partial charge in [-0.1, -0.05) is 12.1 Å². The number of likely N-dealkylation sites (tertiary alicyclic amines) is 1. The highest BCUT2D eigenvalue weighted by atomic mass is 19.3. The van der Waals surface area contributed by atoms with Crippen LogP contribution >= 0.6 is 0 Å². The van der Waals surface area contributed by atoms with Gasteiger partial charge in [0.1, 0.15) is 0 Å². The van der Waals surface area contributed by atoms with Crippen molar-refractivity contribution in [2.45, 2.75) is 31.7 Å². The molecule has 1 atom stereocenters. The fourth-order valence-electron chi connectivity index (χ4n) is 4.79. The Morgan fingerprint density at radius 1 is 1.08 bits per heavy atom. The van der Waals surface area contributed by atoms with Crippen LogP contribution in [0.3, 0.4) is 0 Å². The van der Waals surface area contributed by atoms with Crippen LogP contribution in [0.4, 0.5) is 14.7 Å². The maximum atomic E-state index is 13.9. The number of hydrogen-bond donors (Lipinski definition) is 1. The summed E-state index contributed by atoms with van der Waals surface area (Å²) in [6.07, 6.45) is 3.06. The van der Waals surface area contributed by atoms with Crippen molar-refractivity contribution in [3.63, 3.8) is 0 Å². The van der Waals surface area contributed by atoms with Crippen molar-refractivity contribution in [3.8, 4) is 0 Å². The van der Waals surface area contributed by atoms with Crippen LogP contribution in [-0.2, 0) is 4.74 Å². The molecule has 4 heterocycles. The van der Waals surface area contributed by atoms with E-state index in [1.807, 2.05) is 36.1 Å². The van der Waals surface area contributed by atoms with Gasteiger partial charge in [0.25, 0.3) is 11.8 Å². The normalized spacial score (nSPS) is 19.2. The highest BCUT2D eigenvalue weighted by Crippen LogP contribution is 2.32. The molecule has 2 fully saturated rings. The maximum absolute atomic E-state index is 13.9. The Labute approximate surface area is 208 Å². The van der Waals surface area contributed by atoms with E-state index in [-0.39, 0.29) is 44.4 Å². The molecule has 1 amide bonds. The van der Waals surface area contributed by atoms with E-state index in [1.165, 1.54) is 0 Å². The zero-order chi connectivity index (χ0) is 25.1. The maximum Gasteiger partial charge on any atom is 0.252 e. The van der Waals surface area contributed by atoms with Gasteiger partial charge in [0.2, 0.25) is 5.95 Å². The van der Waals surface area contributed by atoms with Crippen LogP contribution in [0.2, 0.25) is 0 Å². The number of nitrogens with one attached hydrogen (secondary N) is 1. The zero-order valence-electron chi connectivity index (χ0n) is 20.3. The number of nitrogens with zero attached hydrogens (tertiary/aromatic N) is 5. The molecule has 0 spiro atoms. The molecule has 0 radical (unpaired) electrons. The first-order valence-electron chi connectivity index (χ1n) is 12.3. The van der Waals surface area contributed by atoms with Crippen LogP contribution in [0.5, 0.6) is 0 Å². The number of halogens is 2. The van der Waals surface area contributed by atoms with Crippen LogP contribution in [0.25, 0.3) is 10.9 Å². The monoisotopic (exact) mass is 496 g/mol. The lowest BCUT2D eigenvalue weighted by Crippen LogP contribution is -2.45. The van der Waals surface area contributed by atoms with E-state index in [4.69, 9.17) is 4.74 Å². The number of fused-ring (bicyclic) bond motifs is 1. The Morgan fingerprint density at radius 2 is 1.81 bits per heavy atom. The van der Waals surface area contributed by atoms with Gasteiger partial charge in [-0.15, -0.1) is 0 Å². The smallest absolute Gasteiger partial charge is 0.252 e. The Bertz CT molecular complexity index is 1210. The number of carbonyl (C=O) groups excluding carboxylic acids is 1. The van der Waals surface area contributed by atoms with Gasteiger partial charge in [-0.25, -0.2) is 18.7 Å². The summed E-state index contributed by atoms with van der Waals surface area (Å²) in [5.41, 5.74) is 2.95. The van der Waals surface area contributed by atoms with Crippen molar-refractivity contribution in [3.05, 3.63) is 59.5 Å². The molecule has 2 aromatic heterocycles. The lowest BCUT2D eigenvalue weighted by molar-refractivity contribution is -0.0632. The van der Waals surface area contributed by atoms with E-state index in [9.17, 15) is 13.6 Å². The van der Waals surface area contributed by atoms with Crippen molar-refractivity contribution in [2.24, 2.45) is 0 Å². The number of benzene rings is 1. The van der Waals surface area contributed by atoms with E-state index in [1.54, 1.807) is 18.5 Å². The number of pyridine rings is 1. The number of hydrogen-bond acceptors (Lipinski definition) is 7. The number of aryl methyl sites for hydroxylation is 1. The van der Waals surface area contributed by atoms with E-state index < -0.39 is 5.92 Å². The summed E-state index contributed by atoms with van der Waals surface area (Å²) in [6.45, 7) is 5.33. The number of piperidine rings is 1. The molecule has 1 unspecified atom stereocenters. The first-order chi connectivity index (χ1) is 17.4. The fourth-order valence-corrected chi connectivity index (χ4v) is 4.79. The summed E-state index contributed by atoms with van der Waals surface area (Å²) in [4.78, 5) is 30.8. The number of carbonyl (C=O) groups is 1. The Hall–Kier alpha value is -3.24. The lowest BCUT2D eigenvalue weighted by Gasteiger charge is -2.37. The van der Waals surface area contributed by atoms with Gasteiger partial charge in [-0.05, 0) is 25.1 Å². The van der Waals surface area contributed by atoms with Crippen LogP contribution in [0.1, 0.15) is 40.5 Å². The molecular formula is C26H30F2N6O2. The summed E-state index contributed by atoms with van der Waals surface area (Å²) < 4.78 is 33.1. The molecule has 8 nitrogen and oxygen atoms in total. The molecule has 3 aromatic rings. The minimum Gasteiger partial charge on any atom is -0.378 e. The third kappa shape index (κ3) is 5.44. The van der Waals surface area contributed by atoms with Gasteiger partial charge >= 0.3 is 0 Å². The molecule has 5 rings (SSSR count). The van der Waals surface area contributed by atoms with Gasteiger partial charge in [0, 0.05) is 80.2 Å². The highest BCUT2D eigenvalue weighted by Gasteiger charge is 2.37. The molecule has 2 saturated heterocycles. The minimum absolute atomic E-state index is 0.210. The van der Waals surface area contributed by atoms with Gasteiger partial charge < -0.3 is 15.0 Å². The largest absolute Gasteiger partial charge is 0.378 e. The molecule has 1 aromatic carbocycles. The summed E-state index contributed by atoms with van der Waals surface area (Å²) in [6, 6.07) is 8.91. The van der Waals surface area contributed by atoms with Crippen molar-refractivity contribution >= 4 is 22.8 Å². The molecule has 36 heavy (non-hydrogen) atoms. The van der Waals surface area contributed by atoms with E-state index >= 15 is 0 Å². The van der Waals surface area contributed by atoms with Crippen molar-refractivity contribution in [2.75, 3.05) is 50.8 Å². The molecular weight excluding hydrogens is 466 g/mol.